The Morgan fingerprint density at radius 2 is 2.00 bits per heavy atom. The summed E-state index contributed by atoms with van der Waals surface area (Å²) in [4.78, 5) is 11.7. The highest BCUT2D eigenvalue weighted by Crippen LogP contribution is 2.25. The van der Waals surface area contributed by atoms with Crippen molar-refractivity contribution in [3.05, 3.63) is 65.5 Å². The van der Waals surface area contributed by atoms with E-state index in [0.29, 0.717) is 12.2 Å². The van der Waals surface area contributed by atoms with Gasteiger partial charge in [0.15, 0.2) is 5.82 Å². The van der Waals surface area contributed by atoms with Gasteiger partial charge < -0.3 is 15.8 Å². The molecule has 23 heavy (non-hydrogen) atoms. The number of hydrogen-bond acceptors (Lipinski definition) is 4. The third kappa shape index (κ3) is 4.57. The second-order valence-electron chi connectivity index (χ2n) is 4.89. The lowest BCUT2D eigenvalue weighted by Crippen LogP contribution is -2.04. The molecule has 0 saturated carbocycles. The first-order valence-electron chi connectivity index (χ1n) is 7.32. The Morgan fingerprint density at radius 3 is 2.70 bits per heavy atom. The molecule has 0 amide bonds. The zero-order valence-corrected chi connectivity index (χ0v) is 12.9. The Hall–Kier alpha value is -2.82. The molecule has 0 heterocycles. The van der Waals surface area contributed by atoms with E-state index >= 15 is 0 Å². The molecular formula is C18H19FN2O2. The summed E-state index contributed by atoms with van der Waals surface area (Å²) in [7, 11) is 0. The zero-order chi connectivity index (χ0) is 16.7. The molecule has 2 rings (SSSR count). The fourth-order valence-corrected chi connectivity index (χ4v) is 2.02. The Bertz CT molecular complexity index is 700. The van der Waals surface area contributed by atoms with Crippen LogP contribution in [0.4, 0.5) is 15.8 Å². The van der Waals surface area contributed by atoms with Gasteiger partial charge in [-0.2, -0.15) is 0 Å². The molecule has 0 aromatic heterocycles. The van der Waals surface area contributed by atoms with Crippen molar-refractivity contribution in [3.63, 3.8) is 0 Å². The third-order valence-corrected chi connectivity index (χ3v) is 3.20. The van der Waals surface area contributed by atoms with E-state index in [9.17, 15) is 9.18 Å². The van der Waals surface area contributed by atoms with Crippen LogP contribution in [-0.2, 0) is 16.1 Å². The van der Waals surface area contributed by atoms with Gasteiger partial charge in [-0.3, -0.25) is 0 Å². The van der Waals surface area contributed by atoms with Crippen LogP contribution in [0.3, 0.4) is 0 Å². The van der Waals surface area contributed by atoms with Gasteiger partial charge in [0.25, 0.3) is 0 Å². The highest BCUT2D eigenvalue weighted by molar-refractivity contribution is 5.87. The van der Waals surface area contributed by atoms with Crippen LogP contribution < -0.4 is 11.1 Å². The van der Waals surface area contributed by atoms with Crippen LogP contribution in [0.2, 0.25) is 0 Å². The first-order valence-corrected chi connectivity index (χ1v) is 7.32. The minimum absolute atomic E-state index is 0.0339. The van der Waals surface area contributed by atoms with E-state index in [4.69, 9.17) is 10.5 Å². The van der Waals surface area contributed by atoms with Crippen LogP contribution in [0.15, 0.2) is 48.5 Å². The predicted octanol–water partition coefficient (Wildman–Crippen LogP) is 3.60. The van der Waals surface area contributed by atoms with Crippen molar-refractivity contribution >= 4 is 23.4 Å². The minimum atomic E-state index is -0.560. The summed E-state index contributed by atoms with van der Waals surface area (Å²) < 4.78 is 19.2. The summed E-state index contributed by atoms with van der Waals surface area (Å²) in [5.41, 5.74) is 7.42. The normalized spacial score (nSPS) is 10.7. The first kappa shape index (κ1) is 16.5. The maximum atomic E-state index is 14.1. The maximum absolute atomic E-state index is 14.1. The molecule has 3 N–H and O–H groups in total. The Balaban J connectivity index is 1.99. The lowest BCUT2D eigenvalue weighted by molar-refractivity contribution is -0.138. The largest absolute Gasteiger partial charge is 0.458 e. The Kier molecular flexibility index (Phi) is 5.74. The van der Waals surface area contributed by atoms with Gasteiger partial charge in [0, 0.05) is 18.2 Å². The summed E-state index contributed by atoms with van der Waals surface area (Å²) in [5, 5.41) is 2.97. The number of halogens is 1. The maximum Gasteiger partial charge on any atom is 0.331 e. The number of anilines is 2. The molecule has 0 spiro atoms. The quantitative estimate of drug-likeness (QED) is 0.486. The lowest BCUT2D eigenvalue weighted by Gasteiger charge is -2.09. The van der Waals surface area contributed by atoms with Crippen molar-refractivity contribution < 1.29 is 13.9 Å². The van der Waals surface area contributed by atoms with Gasteiger partial charge in [-0.1, -0.05) is 30.3 Å². The van der Waals surface area contributed by atoms with Crippen LogP contribution in [0.5, 0.6) is 0 Å². The van der Waals surface area contributed by atoms with E-state index in [2.05, 4.69) is 5.32 Å². The number of esters is 1. The van der Waals surface area contributed by atoms with Crippen molar-refractivity contribution in [2.45, 2.75) is 13.5 Å². The summed E-state index contributed by atoms with van der Waals surface area (Å²) in [6.07, 6.45) is 2.54. The third-order valence-electron chi connectivity index (χ3n) is 3.20. The number of hydrogen-bond donors (Lipinski definition) is 2. The SMILES string of the molecule is CCNc1ccc(/C=C/C(=O)OCc2ccccc2)c(F)c1N. The lowest BCUT2D eigenvalue weighted by atomic mass is 10.1. The van der Waals surface area contributed by atoms with E-state index in [1.807, 2.05) is 37.3 Å². The van der Waals surface area contributed by atoms with Gasteiger partial charge in [-0.25, -0.2) is 9.18 Å². The number of nitrogens with two attached hydrogens (primary N) is 1. The number of ether oxygens (including phenoxy) is 1. The van der Waals surface area contributed by atoms with Crippen LogP contribution in [0, 0.1) is 5.82 Å². The summed E-state index contributed by atoms with van der Waals surface area (Å²) in [6, 6.07) is 12.6. The molecular weight excluding hydrogens is 295 g/mol. The molecule has 4 nitrogen and oxygen atoms in total. The summed E-state index contributed by atoms with van der Waals surface area (Å²) >= 11 is 0. The molecule has 0 aliphatic heterocycles. The molecule has 120 valence electrons. The van der Waals surface area contributed by atoms with Gasteiger partial charge in [0.1, 0.15) is 6.61 Å². The monoisotopic (exact) mass is 314 g/mol. The number of carbonyl (C=O) groups excluding carboxylic acids is 1. The van der Waals surface area contributed by atoms with Crippen molar-refractivity contribution in [1.29, 1.82) is 0 Å². The fraction of sp³-hybridized carbons (Fsp3) is 0.167. The molecule has 0 atom stereocenters. The van der Waals surface area contributed by atoms with Crippen LogP contribution in [0.1, 0.15) is 18.1 Å². The molecule has 0 fully saturated rings. The second-order valence-corrected chi connectivity index (χ2v) is 4.89. The van der Waals surface area contributed by atoms with E-state index in [1.165, 1.54) is 12.2 Å². The minimum Gasteiger partial charge on any atom is -0.458 e. The highest BCUT2D eigenvalue weighted by Gasteiger charge is 2.09. The fourth-order valence-electron chi connectivity index (χ4n) is 2.02. The Morgan fingerprint density at radius 1 is 1.26 bits per heavy atom. The molecule has 0 aliphatic carbocycles. The molecule has 5 heteroatoms. The number of nitrogens with one attached hydrogen (secondary N) is 1. The van der Waals surface area contributed by atoms with Crippen molar-refractivity contribution in [2.75, 3.05) is 17.6 Å². The standard InChI is InChI=1S/C18H19FN2O2/c1-2-21-15-10-8-14(17(19)18(15)20)9-11-16(22)23-12-13-6-4-3-5-7-13/h3-11,21H,2,12,20H2,1H3/b11-9+. The van der Waals surface area contributed by atoms with Crippen molar-refractivity contribution in [1.82, 2.24) is 0 Å². The molecule has 0 saturated heterocycles. The first-order chi connectivity index (χ1) is 11.1. The number of rotatable bonds is 6. The van der Waals surface area contributed by atoms with Gasteiger partial charge in [-0.15, -0.1) is 0 Å². The molecule has 0 radical (unpaired) electrons. The van der Waals surface area contributed by atoms with E-state index in [0.717, 1.165) is 5.56 Å². The number of carbonyl (C=O) groups is 1. The molecule has 0 bridgehead atoms. The van der Waals surface area contributed by atoms with Crippen LogP contribution >= 0.6 is 0 Å². The smallest absolute Gasteiger partial charge is 0.331 e. The highest BCUT2D eigenvalue weighted by atomic mass is 19.1. The predicted molar refractivity (Wildman–Crippen MR) is 90.2 cm³/mol. The van der Waals surface area contributed by atoms with Crippen molar-refractivity contribution in [2.24, 2.45) is 0 Å². The van der Waals surface area contributed by atoms with Gasteiger partial charge in [0.2, 0.25) is 0 Å². The summed E-state index contributed by atoms with van der Waals surface area (Å²) in [5.74, 6) is -1.10. The van der Waals surface area contributed by atoms with E-state index < -0.39 is 11.8 Å². The zero-order valence-electron chi connectivity index (χ0n) is 12.9. The van der Waals surface area contributed by atoms with E-state index in [-0.39, 0.29) is 17.9 Å². The molecule has 0 aliphatic rings. The van der Waals surface area contributed by atoms with Gasteiger partial charge >= 0.3 is 5.97 Å². The molecule has 0 unspecified atom stereocenters. The summed E-state index contributed by atoms with van der Waals surface area (Å²) in [6.45, 7) is 2.71. The van der Waals surface area contributed by atoms with Gasteiger partial charge in [0.05, 0.1) is 11.4 Å². The Labute approximate surface area is 134 Å². The van der Waals surface area contributed by atoms with Crippen molar-refractivity contribution in [3.8, 4) is 0 Å². The second kappa shape index (κ2) is 7.98. The topological polar surface area (TPSA) is 64.3 Å². The average molecular weight is 314 g/mol. The van der Waals surface area contributed by atoms with E-state index in [1.54, 1.807) is 12.1 Å². The number of benzene rings is 2. The number of nitrogen functional groups attached to an aromatic ring is 1. The van der Waals surface area contributed by atoms with Crippen LogP contribution in [-0.4, -0.2) is 12.5 Å². The molecule has 2 aromatic rings. The van der Waals surface area contributed by atoms with Crippen LogP contribution in [0.25, 0.3) is 6.08 Å². The molecule has 2 aromatic carbocycles. The average Bonchev–Trinajstić information content (AvgIpc) is 2.57. The van der Waals surface area contributed by atoms with Gasteiger partial charge in [-0.05, 0) is 30.7 Å².